The lowest BCUT2D eigenvalue weighted by molar-refractivity contribution is 0.151. The lowest BCUT2D eigenvalue weighted by Crippen LogP contribution is -2.49. The van der Waals surface area contributed by atoms with E-state index in [2.05, 4.69) is 39.5 Å². The van der Waals surface area contributed by atoms with Gasteiger partial charge in [-0.2, -0.15) is 4.99 Å². The van der Waals surface area contributed by atoms with Crippen LogP contribution in [0.4, 0.5) is 14.5 Å². The predicted molar refractivity (Wildman–Crippen MR) is 88.2 cm³/mol. The van der Waals surface area contributed by atoms with Gasteiger partial charge in [-0.05, 0) is 48.8 Å². The van der Waals surface area contributed by atoms with Crippen molar-refractivity contribution in [3.63, 3.8) is 0 Å². The number of hydrogen-bond acceptors (Lipinski definition) is 4. The largest absolute Gasteiger partial charge is 0.311 e. The van der Waals surface area contributed by atoms with Crippen molar-refractivity contribution >= 4 is 23.1 Å². The fourth-order valence-electron chi connectivity index (χ4n) is 2.79. The van der Waals surface area contributed by atoms with Crippen LogP contribution >= 0.6 is 12.2 Å². The summed E-state index contributed by atoms with van der Waals surface area (Å²) in [5.41, 5.74) is 2.27. The lowest BCUT2D eigenvalue weighted by Gasteiger charge is -2.33. The van der Waals surface area contributed by atoms with Crippen LogP contribution in [0.1, 0.15) is 36.5 Å². The lowest BCUT2D eigenvalue weighted by atomic mass is 10.0. The van der Waals surface area contributed by atoms with E-state index >= 15 is 0 Å². The summed E-state index contributed by atoms with van der Waals surface area (Å²) in [6, 6.07) is 3.45. The van der Waals surface area contributed by atoms with Gasteiger partial charge in [0.05, 0.1) is 10.8 Å². The monoisotopic (exact) mass is 325 g/mol. The Morgan fingerprint density at radius 2 is 2.27 bits per heavy atom. The third-order valence-corrected chi connectivity index (χ3v) is 4.25. The molecule has 0 radical (unpaired) electrons. The molecule has 1 aliphatic heterocycles. The second kappa shape index (κ2) is 7.88. The number of nitrogens with zero attached hydrogens (tertiary/aromatic N) is 2. The van der Waals surface area contributed by atoms with Crippen molar-refractivity contribution in [1.82, 2.24) is 10.2 Å². The molecule has 0 spiro atoms. The van der Waals surface area contributed by atoms with Gasteiger partial charge in [-0.3, -0.25) is 4.90 Å². The van der Waals surface area contributed by atoms with Gasteiger partial charge in [0.15, 0.2) is 0 Å². The summed E-state index contributed by atoms with van der Waals surface area (Å²) in [5, 5.41) is 5.73. The van der Waals surface area contributed by atoms with E-state index in [1.165, 1.54) is 6.07 Å². The summed E-state index contributed by atoms with van der Waals surface area (Å²) in [6.45, 7) is 7.48. The van der Waals surface area contributed by atoms with E-state index in [-0.39, 0.29) is 5.56 Å². The quantitative estimate of drug-likeness (QED) is 0.658. The maximum atomic E-state index is 13.1. The average Bonchev–Trinajstić information content (AvgIpc) is 2.51. The average molecular weight is 325 g/mol. The molecule has 1 aromatic rings. The minimum Gasteiger partial charge on any atom is -0.311 e. The highest BCUT2D eigenvalue weighted by molar-refractivity contribution is 7.78. The zero-order chi connectivity index (χ0) is 16.1. The molecule has 0 unspecified atom stereocenters. The minimum absolute atomic E-state index is 0.00761. The van der Waals surface area contributed by atoms with Crippen molar-refractivity contribution in [1.29, 1.82) is 0 Å². The number of alkyl halides is 2. The highest BCUT2D eigenvalue weighted by Gasteiger charge is 2.20. The summed E-state index contributed by atoms with van der Waals surface area (Å²) in [4.78, 5) is 6.23. The molecule has 0 bridgehead atoms. The molecule has 1 aromatic carbocycles. The van der Waals surface area contributed by atoms with Crippen molar-refractivity contribution in [3.05, 3.63) is 28.8 Å². The topological polar surface area (TPSA) is 27.6 Å². The van der Waals surface area contributed by atoms with E-state index in [1.54, 1.807) is 6.07 Å². The molecule has 120 valence electrons. The third kappa shape index (κ3) is 4.17. The number of piperazine rings is 1. The van der Waals surface area contributed by atoms with Crippen LogP contribution in [-0.4, -0.2) is 35.7 Å². The van der Waals surface area contributed by atoms with E-state index in [0.29, 0.717) is 18.3 Å². The Morgan fingerprint density at radius 1 is 1.50 bits per heavy atom. The highest BCUT2D eigenvalue weighted by Crippen LogP contribution is 2.30. The van der Waals surface area contributed by atoms with Gasteiger partial charge in [-0.25, -0.2) is 8.78 Å². The van der Waals surface area contributed by atoms with Gasteiger partial charge in [-0.1, -0.05) is 6.92 Å². The second-order valence-electron chi connectivity index (χ2n) is 5.62. The Balaban J connectivity index is 2.27. The van der Waals surface area contributed by atoms with Crippen molar-refractivity contribution in [2.75, 3.05) is 19.6 Å². The third-order valence-electron chi connectivity index (χ3n) is 4.15. The molecule has 0 amide bonds. The van der Waals surface area contributed by atoms with Crippen molar-refractivity contribution in [3.8, 4) is 0 Å². The van der Waals surface area contributed by atoms with Gasteiger partial charge in [-0.15, -0.1) is 0 Å². The summed E-state index contributed by atoms with van der Waals surface area (Å²) < 4.78 is 26.2. The number of aliphatic imine (C=N–C) groups is 1. The van der Waals surface area contributed by atoms with E-state index in [4.69, 9.17) is 0 Å². The van der Waals surface area contributed by atoms with Gasteiger partial charge in [0.25, 0.3) is 6.43 Å². The van der Waals surface area contributed by atoms with Crippen LogP contribution in [-0.2, 0) is 6.54 Å². The van der Waals surface area contributed by atoms with Gasteiger partial charge in [0, 0.05) is 37.8 Å². The Bertz CT molecular complexity index is 571. The molecule has 1 heterocycles. The number of benzene rings is 1. The molecule has 22 heavy (non-hydrogen) atoms. The highest BCUT2D eigenvalue weighted by atomic mass is 32.1. The van der Waals surface area contributed by atoms with E-state index in [0.717, 1.165) is 37.2 Å². The fraction of sp³-hybridized carbons (Fsp3) is 0.562. The molecular formula is C16H21F2N3S. The number of hydrogen-bond donors (Lipinski definition) is 1. The minimum atomic E-state index is -2.51. The maximum Gasteiger partial charge on any atom is 0.263 e. The molecule has 1 aliphatic rings. The van der Waals surface area contributed by atoms with Gasteiger partial charge >= 0.3 is 0 Å². The van der Waals surface area contributed by atoms with Crippen molar-refractivity contribution in [2.45, 2.75) is 39.3 Å². The number of halogens is 2. The fourth-order valence-corrected chi connectivity index (χ4v) is 2.89. The first-order chi connectivity index (χ1) is 10.5. The Hall–Kier alpha value is -1.20. The summed E-state index contributed by atoms with van der Waals surface area (Å²) in [6.07, 6.45) is -1.45. The molecule has 0 saturated carbocycles. The first-order valence-electron chi connectivity index (χ1n) is 7.50. The molecule has 1 saturated heterocycles. The molecule has 3 nitrogen and oxygen atoms in total. The summed E-state index contributed by atoms with van der Waals surface area (Å²) in [7, 11) is 0. The van der Waals surface area contributed by atoms with Crippen molar-refractivity contribution in [2.24, 2.45) is 4.99 Å². The summed E-state index contributed by atoms with van der Waals surface area (Å²) in [5.74, 6) is 0. The van der Waals surface area contributed by atoms with Crippen LogP contribution in [0.25, 0.3) is 0 Å². The van der Waals surface area contributed by atoms with Crippen LogP contribution in [0.3, 0.4) is 0 Å². The molecule has 6 heteroatoms. The SMILES string of the molecule is CC[C@H]1CN(Cc2cc(C(F)F)cc(N=C=S)c2C)CCN1. The van der Waals surface area contributed by atoms with Gasteiger partial charge in [0.1, 0.15) is 0 Å². The van der Waals surface area contributed by atoms with Crippen LogP contribution in [0.2, 0.25) is 0 Å². The first-order valence-corrected chi connectivity index (χ1v) is 7.91. The number of rotatable bonds is 5. The standard InChI is InChI=1S/C16H21F2N3S/c1-3-14-9-21(5-4-19-14)8-13-6-12(16(17)18)7-15(11(13)2)20-10-22/h6-7,14,16,19H,3-5,8-9H2,1-2H3/t14-/m0/s1. The van der Waals surface area contributed by atoms with Crippen molar-refractivity contribution < 1.29 is 8.78 Å². The van der Waals surface area contributed by atoms with E-state index in [1.807, 2.05) is 6.92 Å². The van der Waals surface area contributed by atoms with E-state index in [9.17, 15) is 8.78 Å². The Labute approximate surface area is 135 Å². The maximum absolute atomic E-state index is 13.1. The summed E-state index contributed by atoms with van der Waals surface area (Å²) >= 11 is 4.62. The number of isothiocyanates is 1. The molecule has 2 rings (SSSR count). The van der Waals surface area contributed by atoms with Crippen LogP contribution in [0, 0.1) is 6.92 Å². The first kappa shape index (κ1) is 17.2. The van der Waals surface area contributed by atoms with Crippen LogP contribution < -0.4 is 5.32 Å². The zero-order valence-electron chi connectivity index (χ0n) is 12.9. The molecule has 0 aromatic heterocycles. The number of thiocarbonyl (C=S) groups is 1. The molecule has 0 aliphatic carbocycles. The smallest absolute Gasteiger partial charge is 0.263 e. The van der Waals surface area contributed by atoms with Crippen LogP contribution in [0.5, 0.6) is 0 Å². The second-order valence-corrected chi connectivity index (χ2v) is 5.80. The molecule has 1 atom stereocenters. The van der Waals surface area contributed by atoms with Gasteiger partial charge in [0.2, 0.25) is 0 Å². The Kier molecular flexibility index (Phi) is 6.15. The number of nitrogens with one attached hydrogen (secondary N) is 1. The van der Waals surface area contributed by atoms with Gasteiger partial charge < -0.3 is 5.32 Å². The molecular weight excluding hydrogens is 304 g/mol. The van der Waals surface area contributed by atoms with E-state index < -0.39 is 6.43 Å². The Morgan fingerprint density at radius 3 is 2.91 bits per heavy atom. The molecule has 1 N–H and O–H groups in total. The normalized spacial score (nSPS) is 19.2. The molecule has 1 fully saturated rings. The predicted octanol–water partition coefficient (Wildman–Crippen LogP) is 3.85. The zero-order valence-corrected chi connectivity index (χ0v) is 13.7. The van der Waals surface area contributed by atoms with Crippen LogP contribution in [0.15, 0.2) is 17.1 Å².